The Morgan fingerprint density at radius 2 is 1.97 bits per heavy atom. The van der Waals surface area contributed by atoms with E-state index in [0.29, 0.717) is 5.56 Å². The third-order valence-corrected chi connectivity index (χ3v) is 7.63. The third kappa shape index (κ3) is 5.64. The molecule has 0 bridgehead atoms. The lowest BCUT2D eigenvalue weighted by Gasteiger charge is -2.33. The molecule has 3 atom stereocenters. The van der Waals surface area contributed by atoms with Gasteiger partial charge in [-0.1, -0.05) is 29.8 Å². The zero-order valence-electron chi connectivity index (χ0n) is 18.1. The number of carboxylic acid groups (broad SMARTS) is 1. The quantitative estimate of drug-likeness (QED) is 0.527. The van der Waals surface area contributed by atoms with Gasteiger partial charge in [-0.2, -0.15) is 0 Å². The lowest BCUT2D eigenvalue weighted by atomic mass is 9.94. The summed E-state index contributed by atoms with van der Waals surface area (Å²) < 4.78 is 58.3. The lowest BCUT2D eigenvalue weighted by Crippen LogP contribution is -2.42. The predicted octanol–water partition coefficient (Wildman–Crippen LogP) is 3.36. The highest BCUT2D eigenvalue weighted by molar-refractivity contribution is 7.93. The number of rotatable bonds is 7. The molecule has 35 heavy (non-hydrogen) atoms. The molecule has 2 aromatic carbocycles. The average molecular weight is 526 g/mol. The van der Waals surface area contributed by atoms with Crippen LogP contribution >= 0.6 is 11.6 Å². The van der Waals surface area contributed by atoms with Gasteiger partial charge in [0.1, 0.15) is 23.8 Å². The van der Waals surface area contributed by atoms with Crippen molar-refractivity contribution in [2.75, 3.05) is 17.9 Å². The van der Waals surface area contributed by atoms with Gasteiger partial charge in [0.25, 0.3) is 0 Å². The maximum atomic E-state index is 13.3. The van der Waals surface area contributed by atoms with Crippen molar-refractivity contribution in [2.24, 2.45) is 0 Å². The van der Waals surface area contributed by atoms with Gasteiger partial charge < -0.3 is 19.3 Å². The van der Waals surface area contributed by atoms with Crippen LogP contribution in [0.3, 0.4) is 0 Å². The van der Waals surface area contributed by atoms with Crippen molar-refractivity contribution < 1.29 is 41.7 Å². The summed E-state index contributed by atoms with van der Waals surface area (Å²) in [5, 5.41) is 8.12. The van der Waals surface area contributed by atoms with Gasteiger partial charge in [-0.25, -0.2) is 22.4 Å². The van der Waals surface area contributed by atoms with Crippen molar-refractivity contribution in [3.8, 4) is 0 Å². The highest BCUT2D eigenvalue weighted by Crippen LogP contribution is 2.39. The van der Waals surface area contributed by atoms with E-state index in [-0.39, 0.29) is 36.8 Å². The fourth-order valence-electron chi connectivity index (χ4n) is 3.91. The van der Waals surface area contributed by atoms with Crippen LogP contribution in [-0.2, 0) is 29.0 Å². The van der Waals surface area contributed by atoms with Crippen molar-refractivity contribution in [2.45, 2.75) is 30.0 Å². The zero-order chi connectivity index (χ0) is 25.2. The second-order valence-electron chi connectivity index (χ2n) is 8.03. The first-order valence-electron chi connectivity index (χ1n) is 10.6. The van der Waals surface area contributed by atoms with Crippen LogP contribution in [0.1, 0.15) is 23.2 Å². The number of hydrogen-bond acceptors (Lipinski definition) is 7. The molecular weight excluding hydrogens is 505 g/mol. The van der Waals surface area contributed by atoms with Crippen LogP contribution in [-0.4, -0.2) is 55.8 Å². The van der Waals surface area contributed by atoms with E-state index in [2.05, 4.69) is 4.72 Å². The molecule has 2 aliphatic rings. The fourth-order valence-corrected chi connectivity index (χ4v) is 5.74. The lowest BCUT2D eigenvalue weighted by molar-refractivity contribution is -0.146. The van der Waals surface area contributed by atoms with Crippen molar-refractivity contribution in [1.29, 1.82) is 0 Å². The van der Waals surface area contributed by atoms with Crippen LogP contribution < -0.4 is 4.72 Å². The minimum Gasteiger partial charge on any atom is -0.478 e. The molecule has 0 saturated carbocycles. The Kier molecular flexibility index (Phi) is 7.13. The summed E-state index contributed by atoms with van der Waals surface area (Å²) in [6, 6.07) is 11.5. The van der Waals surface area contributed by atoms with Gasteiger partial charge >= 0.3 is 11.9 Å². The highest BCUT2D eigenvalue weighted by Gasteiger charge is 2.48. The molecule has 1 fully saturated rings. The first-order chi connectivity index (χ1) is 16.6. The van der Waals surface area contributed by atoms with Crippen LogP contribution in [0.25, 0.3) is 0 Å². The van der Waals surface area contributed by atoms with E-state index in [4.69, 9.17) is 25.8 Å². The first-order valence-corrected chi connectivity index (χ1v) is 12.5. The molecular formula is C23H21ClFNO8S. The smallest absolute Gasteiger partial charge is 0.338 e. The average Bonchev–Trinajstić information content (AvgIpc) is 3.21. The first kappa shape index (κ1) is 25.1. The Morgan fingerprint density at radius 1 is 1.23 bits per heavy atom. The summed E-state index contributed by atoms with van der Waals surface area (Å²) >= 11 is 5.91. The van der Waals surface area contributed by atoms with Crippen LogP contribution in [0.5, 0.6) is 0 Å². The molecule has 0 aromatic heterocycles. The monoisotopic (exact) mass is 525 g/mol. The molecule has 1 spiro atoms. The fraction of sp³-hybridized carbons (Fsp3) is 0.304. The van der Waals surface area contributed by atoms with Crippen LogP contribution in [0.4, 0.5) is 10.1 Å². The van der Waals surface area contributed by atoms with Crippen LogP contribution in [0.2, 0.25) is 5.02 Å². The van der Waals surface area contributed by atoms with Gasteiger partial charge in [0, 0.05) is 6.42 Å². The summed E-state index contributed by atoms with van der Waals surface area (Å²) in [6.07, 6.45) is 0.366. The van der Waals surface area contributed by atoms with E-state index >= 15 is 0 Å². The molecule has 0 amide bonds. The van der Waals surface area contributed by atoms with Crippen molar-refractivity contribution in [3.63, 3.8) is 0 Å². The maximum Gasteiger partial charge on any atom is 0.338 e. The van der Waals surface area contributed by atoms with Crippen molar-refractivity contribution in [1.82, 2.24) is 0 Å². The number of hydrogen-bond donors (Lipinski definition) is 2. The van der Waals surface area contributed by atoms with Crippen molar-refractivity contribution >= 4 is 39.3 Å². The molecule has 0 radical (unpaired) electrons. The summed E-state index contributed by atoms with van der Waals surface area (Å²) in [6.45, 7) is -0.107. The number of halogens is 2. The number of ether oxygens (including phenoxy) is 3. The van der Waals surface area contributed by atoms with Gasteiger partial charge in [-0.15, -0.1) is 0 Å². The Labute approximate surface area is 205 Å². The molecule has 1 aliphatic carbocycles. The van der Waals surface area contributed by atoms with Gasteiger partial charge in [0.05, 0.1) is 28.5 Å². The molecule has 12 heteroatoms. The number of aliphatic carboxylic acids is 1. The Balaban J connectivity index is 1.46. The Hall–Kier alpha value is -2.99. The summed E-state index contributed by atoms with van der Waals surface area (Å²) in [5.74, 6) is -4.12. The maximum absolute atomic E-state index is 13.3. The van der Waals surface area contributed by atoms with Gasteiger partial charge in [-0.3, -0.25) is 4.72 Å². The molecule has 2 aromatic rings. The second-order valence-corrected chi connectivity index (χ2v) is 10.3. The Morgan fingerprint density at radius 3 is 2.66 bits per heavy atom. The SMILES string of the molecule is O=C(O)C1=CC2(CCC1S(=O)(=O)Nc1ccc(F)cc1Cl)OCC(COC(=O)c1ccccc1)O2. The number of carbonyl (C=O) groups excluding carboxylic acids is 1. The molecule has 3 unspecified atom stereocenters. The number of carbonyl (C=O) groups is 2. The molecule has 4 rings (SSSR count). The van der Waals surface area contributed by atoms with Crippen LogP contribution in [0.15, 0.2) is 60.2 Å². The standard InChI is InChI=1S/C23H21ClFNO8S/c24-18-10-15(25)6-7-19(18)26-35(30,31)20-8-9-23(11-17(20)21(27)28)33-13-16(34-23)12-32-22(29)14-4-2-1-3-5-14/h1-7,10-11,16,20,26H,8-9,12-13H2,(H,27,28). The van der Waals surface area contributed by atoms with E-state index in [1.54, 1.807) is 30.3 Å². The Bertz CT molecular complexity index is 1270. The summed E-state index contributed by atoms with van der Waals surface area (Å²) in [5.41, 5.74) is -0.149. The van der Waals surface area contributed by atoms with E-state index in [1.165, 1.54) is 0 Å². The molecule has 9 nitrogen and oxygen atoms in total. The minimum absolute atomic E-state index is 0.0202. The van der Waals surface area contributed by atoms with Gasteiger partial charge in [-0.05, 0) is 42.8 Å². The summed E-state index contributed by atoms with van der Waals surface area (Å²) in [7, 11) is -4.26. The number of nitrogens with one attached hydrogen (secondary N) is 1. The van der Waals surface area contributed by atoms with Crippen molar-refractivity contribution in [3.05, 3.63) is 76.6 Å². The number of anilines is 1. The predicted molar refractivity (Wildman–Crippen MR) is 123 cm³/mol. The third-order valence-electron chi connectivity index (χ3n) is 5.57. The molecule has 1 saturated heterocycles. The number of carboxylic acids is 1. The molecule has 186 valence electrons. The van der Waals surface area contributed by atoms with E-state index < -0.39 is 50.5 Å². The van der Waals surface area contributed by atoms with E-state index in [1.807, 2.05) is 0 Å². The van der Waals surface area contributed by atoms with E-state index in [0.717, 1.165) is 24.3 Å². The van der Waals surface area contributed by atoms with Crippen LogP contribution in [0, 0.1) is 5.82 Å². The van der Waals surface area contributed by atoms with Gasteiger partial charge in [0.2, 0.25) is 10.0 Å². The minimum atomic E-state index is -4.26. The van der Waals surface area contributed by atoms with Gasteiger partial charge in [0.15, 0.2) is 5.79 Å². The normalized spacial score (nSPS) is 24.1. The highest BCUT2D eigenvalue weighted by atomic mass is 35.5. The number of esters is 1. The molecule has 1 heterocycles. The number of benzene rings is 2. The second kappa shape index (κ2) is 9.94. The van der Waals surface area contributed by atoms with E-state index in [9.17, 15) is 27.5 Å². The summed E-state index contributed by atoms with van der Waals surface area (Å²) in [4.78, 5) is 24.1. The topological polar surface area (TPSA) is 128 Å². The molecule has 2 N–H and O–H groups in total. The largest absolute Gasteiger partial charge is 0.478 e. The zero-order valence-corrected chi connectivity index (χ0v) is 19.7. The molecule has 1 aliphatic heterocycles. The number of sulfonamides is 1.